The Morgan fingerprint density at radius 2 is 1.95 bits per heavy atom. The van der Waals surface area contributed by atoms with E-state index in [-0.39, 0.29) is 36.1 Å². The van der Waals surface area contributed by atoms with Gasteiger partial charge in [-0.1, -0.05) is 0 Å². The second-order valence-corrected chi connectivity index (χ2v) is 6.65. The lowest BCUT2D eigenvalue weighted by Gasteiger charge is -2.44. The van der Waals surface area contributed by atoms with Crippen LogP contribution in [0.5, 0.6) is 0 Å². The Kier molecular flexibility index (Phi) is 4.75. The highest BCUT2D eigenvalue weighted by atomic mass is 16.5. The molecule has 0 radical (unpaired) electrons. The fraction of sp³-hybridized carbons (Fsp3) is 0.800. The molecule has 0 saturated carbocycles. The van der Waals surface area contributed by atoms with Gasteiger partial charge in [-0.05, 0) is 13.8 Å². The summed E-state index contributed by atoms with van der Waals surface area (Å²) < 4.78 is 5.27. The van der Waals surface area contributed by atoms with Crippen molar-refractivity contribution >= 4 is 17.7 Å². The highest BCUT2D eigenvalue weighted by Crippen LogP contribution is 2.26. The van der Waals surface area contributed by atoms with Gasteiger partial charge in [0.05, 0.1) is 24.0 Å². The number of methoxy groups -OCH3 is 1. The quantitative estimate of drug-likeness (QED) is 0.750. The van der Waals surface area contributed by atoms with E-state index in [1.165, 1.54) is 0 Å². The number of hydrogen-bond donors (Lipinski definition) is 1. The molecule has 0 bridgehead atoms. The third kappa shape index (κ3) is 3.40. The van der Waals surface area contributed by atoms with Crippen molar-refractivity contribution in [3.05, 3.63) is 0 Å². The van der Waals surface area contributed by atoms with Crippen LogP contribution in [0.1, 0.15) is 26.7 Å². The van der Waals surface area contributed by atoms with Gasteiger partial charge in [0.15, 0.2) is 0 Å². The Labute approximate surface area is 131 Å². The standard InChI is InChI=1S/C15H25N3O4/c1-15(2,22-4)6-13(20)17-8-11(9-17)18-7-10(5-12(18)19)14(21)16-3/h10-11H,5-9H2,1-4H3,(H,16,21). The molecule has 2 aliphatic heterocycles. The number of carbonyl (C=O) groups excluding carboxylic acids is 3. The third-order valence-electron chi connectivity index (χ3n) is 4.56. The summed E-state index contributed by atoms with van der Waals surface area (Å²) in [4.78, 5) is 39.3. The minimum atomic E-state index is -0.476. The van der Waals surface area contributed by atoms with Crippen molar-refractivity contribution in [2.75, 3.05) is 33.8 Å². The van der Waals surface area contributed by atoms with Gasteiger partial charge in [0.2, 0.25) is 17.7 Å². The van der Waals surface area contributed by atoms with E-state index in [4.69, 9.17) is 4.74 Å². The topological polar surface area (TPSA) is 79.0 Å². The van der Waals surface area contributed by atoms with Gasteiger partial charge in [0, 0.05) is 40.2 Å². The summed E-state index contributed by atoms with van der Waals surface area (Å²) in [5, 5.41) is 2.59. The largest absolute Gasteiger partial charge is 0.378 e. The first kappa shape index (κ1) is 16.7. The average Bonchev–Trinajstić information content (AvgIpc) is 2.78. The summed E-state index contributed by atoms with van der Waals surface area (Å²) in [6.07, 6.45) is 0.589. The van der Waals surface area contributed by atoms with Gasteiger partial charge < -0.3 is 19.9 Å². The summed E-state index contributed by atoms with van der Waals surface area (Å²) in [6.45, 7) is 5.30. The van der Waals surface area contributed by atoms with E-state index in [1.807, 2.05) is 13.8 Å². The third-order valence-corrected chi connectivity index (χ3v) is 4.56. The lowest BCUT2D eigenvalue weighted by molar-refractivity contribution is -0.148. The zero-order chi connectivity index (χ0) is 16.5. The molecule has 0 aromatic heterocycles. The van der Waals surface area contributed by atoms with E-state index < -0.39 is 5.60 Å². The molecule has 1 unspecified atom stereocenters. The Hall–Kier alpha value is -1.63. The maximum Gasteiger partial charge on any atom is 0.225 e. The Bertz CT molecular complexity index is 471. The fourth-order valence-corrected chi connectivity index (χ4v) is 2.87. The predicted molar refractivity (Wildman–Crippen MR) is 80.0 cm³/mol. The molecule has 1 atom stereocenters. The maximum absolute atomic E-state index is 12.1. The number of carbonyl (C=O) groups is 3. The number of nitrogens with zero attached hydrogens (tertiary/aromatic N) is 2. The summed E-state index contributed by atoms with van der Waals surface area (Å²) >= 11 is 0. The average molecular weight is 311 g/mol. The fourth-order valence-electron chi connectivity index (χ4n) is 2.87. The molecule has 22 heavy (non-hydrogen) atoms. The first-order valence-corrected chi connectivity index (χ1v) is 7.61. The Balaban J connectivity index is 1.83. The number of nitrogens with one attached hydrogen (secondary N) is 1. The van der Waals surface area contributed by atoms with E-state index in [0.29, 0.717) is 26.1 Å². The lowest BCUT2D eigenvalue weighted by atomic mass is 10.0. The molecule has 2 fully saturated rings. The van der Waals surface area contributed by atoms with Gasteiger partial charge in [-0.25, -0.2) is 0 Å². The van der Waals surface area contributed by atoms with Crippen molar-refractivity contribution in [3.63, 3.8) is 0 Å². The van der Waals surface area contributed by atoms with Crippen LogP contribution < -0.4 is 5.32 Å². The van der Waals surface area contributed by atoms with E-state index in [9.17, 15) is 14.4 Å². The van der Waals surface area contributed by atoms with Gasteiger partial charge in [0.1, 0.15) is 0 Å². The van der Waals surface area contributed by atoms with Crippen molar-refractivity contribution in [1.82, 2.24) is 15.1 Å². The Morgan fingerprint density at radius 3 is 2.50 bits per heavy atom. The molecule has 124 valence electrons. The van der Waals surface area contributed by atoms with Crippen LogP contribution in [0.3, 0.4) is 0 Å². The van der Waals surface area contributed by atoms with E-state index >= 15 is 0 Å². The normalized spacial score (nSPS) is 22.7. The van der Waals surface area contributed by atoms with Gasteiger partial charge >= 0.3 is 0 Å². The number of hydrogen-bond acceptors (Lipinski definition) is 4. The summed E-state index contributed by atoms with van der Waals surface area (Å²) in [5.41, 5.74) is -0.476. The van der Waals surface area contributed by atoms with Crippen LogP contribution in [-0.4, -0.2) is 73.0 Å². The van der Waals surface area contributed by atoms with Crippen LogP contribution in [-0.2, 0) is 19.1 Å². The second kappa shape index (κ2) is 6.24. The molecule has 7 heteroatoms. The Morgan fingerprint density at radius 1 is 1.32 bits per heavy atom. The minimum Gasteiger partial charge on any atom is -0.378 e. The maximum atomic E-state index is 12.1. The van der Waals surface area contributed by atoms with Gasteiger partial charge in [-0.3, -0.25) is 14.4 Å². The zero-order valence-electron chi connectivity index (χ0n) is 13.7. The zero-order valence-corrected chi connectivity index (χ0v) is 13.7. The van der Waals surface area contributed by atoms with Crippen molar-refractivity contribution in [1.29, 1.82) is 0 Å². The molecule has 0 spiro atoms. The van der Waals surface area contributed by atoms with Crippen LogP contribution in [0.25, 0.3) is 0 Å². The molecular weight excluding hydrogens is 286 g/mol. The predicted octanol–water partition coefficient (Wildman–Crippen LogP) is -0.393. The van der Waals surface area contributed by atoms with Gasteiger partial charge in [0.25, 0.3) is 0 Å². The molecule has 2 rings (SSSR count). The van der Waals surface area contributed by atoms with Gasteiger partial charge in [-0.2, -0.15) is 0 Å². The molecule has 0 aromatic carbocycles. The molecule has 2 heterocycles. The van der Waals surface area contributed by atoms with E-state index in [0.717, 1.165) is 0 Å². The summed E-state index contributed by atoms with van der Waals surface area (Å²) in [6, 6.07) is 0.0387. The molecule has 0 aliphatic carbocycles. The van der Waals surface area contributed by atoms with Crippen LogP contribution in [0.4, 0.5) is 0 Å². The van der Waals surface area contributed by atoms with Crippen LogP contribution in [0.2, 0.25) is 0 Å². The van der Waals surface area contributed by atoms with Crippen LogP contribution >= 0.6 is 0 Å². The molecule has 1 N–H and O–H groups in total. The molecule has 2 saturated heterocycles. The molecule has 0 aromatic rings. The number of rotatable bonds is 5. The highest BCUT2D eigenvalue weighted by Gasteiger charge is 2.43. The van der Waals surface area contributed by atoms with Crippen LogP contribution in [0.15, 0.2) is 0 Å². The van der Waals surface area contributed by atoms with Crippen molar-refractivity contribution < 1.29 is 19.1 Å². The van der Waals surface area contributed by atoms with E-state index in [2.05, 4.69) is 5.32 Å². The second-order valence-electron chi connectivity index (χ2n) is 6.65. The molecular formula is C15H25N3O4. The summed E-state index contributed by atoms with van der Waals surface area (Å²) in [7, 11) is 3.17. The minimum absolute atomic E-state index is 0.00270. The van der Waals surface area contributed by atoms with Crippen molar-refractivity contribution in [2.24, 2.45) is 5.92 Å². The molecule has 7 nitrogen and oxygen atoms in total. The highest BCUT2D eigenvalue weighted by molar-refractivity contribution is 5.89. The van der Waals surface area contributed by atoms with E-state index in [1.54, 1.807) is 24.0 Å². The monoisotopic (exact) mass is 311 g/mol. The first-order valence-electron chi connectivity index (χ1n) is 7.61. The van der Waals surface area contributed by atoms with Crippen molar-refractivity contribution in [3.8, 4) is 0 Å². The number of amides is 3. The van der Waals surface area contributed by atoms with Gasteiger partial charge in [-0.15, -0.1) is 0 Å². The molecule has 2 aliphatic rings. The number of likely N-dealkylation sites (tertiary alicyclic amines) is 2. The first-order chi connectivity index (χ1) is 10.3. The number of ether oxygens (including phenoxy) is 1. The smallest absolute Gasteiger partial charge is 0.225 e. The SMILES string of the molecule is CNC(=O)C1CC(=O)N(C2CN(C(=O)CC(C)(C)OC)C2)C1. The lowest BCUT2D eigenvalue weighted by Crippen LogP contribution is -2.62. The van der Waals surface area contributed by atoms with Crippen LogP contribution in [0, 0.1) is 5.92 Å². The molecule has 3 amide bonds. The van der Waals surface area contributed by atoms with Crippen molar-refractivity contribution in [2.45, 2.75) is 38.3 Å². The summed E-state index contributed by atoms with van der Waals surface area (Å²) in [5.74, 6) is -0.319.